The van der Waals surface area contributed by atoms with Crippen LogP contribution in [0, 0.1) is 5.92 Å². The van der Waals surface area contributed by atoms with Gasteiger partial charge in [-0.1, -0.05) is 56.5 Å². The van der Waals surface area contributed by atoms with Gasteiger partial charge in [-0.3, -0.25) is 0 Å². The van der Waals surface area contributed by atoms with Gasteiger partial charge in [0.25, 0.3) is 0 Å². The highest BCUT2D eigenvalue weighted by Crippen LogP contribution is 2.42. The van der Waals surface area contributed by atoms with Crippen molar-refractivity contribution in [1.82, 2.24) is 0 Å². The Labute approximate surface area is 92.1 Å². The van der Waals surface area contributed by atoms with Crippen LogP contribution in [0.3, 0.4) is 0 Å². The van der Waals surface area contributed by atoms with Gasteiger partial charge in [0.15, 0.2) is 0 Å². The van der Waals surface area contributed by atoms with Crippen LogP contribution in [-0.2, 0) is 5.60 Å². The second-order valence-corrected chi connectivity index (χ2v) is 4.80. The largest absolute Gasteiger partial charge is 0.385 e. The molecule has 0 saturated heterocycles. The molecule has 1 nitrogen and oxygen atoms in total. The minimum Gasteiger partial charge on any atom is -0.385 e. The second-order valence-electron chi connectivity index (χ2n) is 4.80. The number of hydrogen-bond acceptors (Lipinski definition) is 1. The molecule has 0 aliphatic heterocycles. The Kier molecular flexibility index (Phi) is 3.11. The summed E-state index contributed by atoms with van der Waals surface area (Å²) in [7, 11) is 0. The Bertz CT molecular complexity index is 302. The molecule has 0 bridgehead atoms. The molecular formula is C14H20O. The van der Waals surface area contributed by atoms with Gasteiger partial charge in [-0.25, -0.2) is 0 Å². The molecule has 1 N–H and O–H groups in total. The van der Waals surface area contributed by atoms with Gasteiger partial charge in [0.2, 0.25) is 0 Å². The van der Waals surface area contributed by atoms with E-state index in [9.17, 15) is 5.11 Å². The van der Waals surface area contributed by atoms with E-state index in [0.29, 0.717) is 0 Å². The highest BCUT2D eigenvalue weighted by Gasteiger charge is 2.35. The van der Waals surface area contributed by atoms with Crippen molar-refractivity contribution in [3.63, 3.8) is 0 Å². The minimum atomic E-state index is -0.572. The molecule has 82 valence electrons. The van der Waals surface area contributed by atoms with Gasteiger partial charge >= 0.3 is 0 Å². The first-order valence-corrected chi connectivity index (χ1v) is 6.02. The van der Waals surface area contributed by atoms with Crippen LogP contribution < -0.4 is 0 Å². The molecule has 1 aliphatic rings. The van der Waals surface area contributed by atoms with Crippen LogP contribution in [0.5, 0.6) is 0 Å². The summed E-state index contributed by atoms with van der Waals surface area (Å²) in [5.74, 6) is 0.766. The molecule has 2 rings (SSSR count). The van der Waals surface area contributed by atoms with Gasteiger partial charge in [0.1, 0.15) is 0 Å². The number of rotatable bonds is 5. The van der Waals surface area contributed by atoms with Crippen LogP contribution in [0.4, 0.5) is 0 Å². The van der Waals surface area contributed by atoms with Crippen molar-refractivity contribution >= 4 is 0 Å². The van der Waals surface area contributed by atoms with E-state index in [2.05, 4.69) is 19.1 Å². The quantitative estimate of drug-likeness (QED) is 0.778. The third kappa shape index (κ3) is 2.60. The second kappa shape index (κ2) is 4.36. The topological polar surface area (TPSA) is 20.2 Å². The standard InChI is InChI=1S/C14H20O/c1-2-10-14(15,11-12-8-9-12)13-6-4-3-5-7-13/h3-7,12,15H,2,8-11H2,1H3. The van der Waals surface area contributed by atoms with Crippen molar-refractivity contribution in [1.29, 1.82) is 0 Å². The maximum atomic E-state index is 10.7. The maximum Gasteiger partial charge on any atom is 0.0899 e. The molecule has 1 aliphatic carbocycles. The highest BCUT2D eigenvalue weighted by atomic mass is 16.3. The first-order valence-electron chi connectivity index (χ1n) is 6.02. The molecule has 0 heterocycles. The van der Waals surface area contributed by atoms with Crippen LogP contribution in [0.1, 0.15) is 44.6 Å². The van der Waals surface area contributed by atoms with Gasteiger partial charge in [0, 0.05) is 0 Å². The Morgan fingerprint density at radius 3 is 2.47 bits per heavy atom. The Balaban J connectivity index is 2.16. The van der Waals surface area contributed by atoms with Crippen LogP contribution in [0.2, 0.25) is 0 Å². The van der Waals surface area contributed by atoms with Crippen molar-refractivity contribution in [2.75, 3.05) is 0 Å². The van der Waals surface area contributed by atoms with Gasteiger partial charge in [0.05, 0.1) is 5.60 Å². The summed E-state index contributed by atoms with van der Waals surface area (Å²) < 4.78 is 0. The van der Waals surface area contributed by atoms with Crippen LogP contribution >= 0.6 is 0 Å². The zero-order valence-corrected chi connectivity index (χ0v) is 9.45. The molecule has 15 heavy (non-hydrogen) atoms. The van der Waals surface area contributed by atoms with Crippen molar-refractivity contribution < 1.29 is 5.11 Å². The molecule has 0 amide bonds. The predicted molar refractivity (Wildman–Crippen MR) is 62.6 cm³/mol. The van der Waals surface area contributed by atoms with Gasteiger partial charge < -0.3 is 5.11 Å². The average Bonchev–Trinajstić information content (AvgIpc) is 3.03. The number of hydrogen-bond donors (Lipinski definition) is 1. The molecule has 1 aromatic rings. The number of benzene rings is 1. The molecule has 1 aromatic carbocycles. The third-order valence-corrected chi connectivity index (χ3v) is 3.30. The summed E-state index contributed by atoms with van der Waals surface area (Å²) in [6.07, 6.45) is 5.48. The lowest BCUT2D eigenvalue weighted by atomic mass is 9.84. The number of aliphatic hydroxyl groups is 1. The average molecular weight is 204 g/mol. The first kappa shape index (κ1) is 10.7. The zero-order chi connectivity index (χ0) is 10.7. The van der Waals surface area contributed by atoms with Gasteiger partial charge in [-0.05, 0) is 24.3 Å². The van der Waals surface area contributed by atoms with E-state index in [1.54, 1.807) is 0 Å². The lowest BCUT2D eigenvalue weighted by molar-refractivity contribution is 0.0121. The lowest BCUT2D eigenvalue weighted by Gasteiger charge is -2.28. The fraction of sp³-hybridized carbons (Fsp3) is 0.571. The molecule has 0 aromatic heterocycles. The van der Waals surface area contributed by atoms with Crippen molar-refractivity contribution in [3.05, 3.63) is 35.9 Å². The predicted octanol–water partition coefficient (Wildman–Crippen LogP) is 3.47. The summed E-state index contributed by atoms with van der Waals surface area (Å²) in [6.45, 7) is 2.14. The third-order valence-electron chi connectivity index (χ3n) is 3.30. The summed E-state index contributed by atoms with van der Waals surface area (Å²) >= 11 is 0. The lowest BCUT2D eigenvalue weighted by Crippen LogP contribution is -2.26. The minimum absolute atomic E-state index is 0.572. The summed E-state index contributed by atoms with van der Waals surface area (Å²) in [5.41, 5.74) is 0.524. The molecule has 1 heteroatoms. The van der Waals surface area contributed by atoms with E-state index >= 15 is 0 Å². The van der Waals surface area contributed by atoms with E-state index in [1.165, 1.54) is 12.8 Å². The smallest absolute Gasteiger partial charge is 0.0899 e. The molecule has 1 unspecified atom stereocenters. The van der Waals surface area contributed by atoms with E-state index < -0.39 is 5.60 Å². The van der Waals surface area contributed by atoms with Gasteiger partial charge in [-0.15, -0.1) is 0 Å². The Hall–Kier alpha value is -0.820. The van der Waals surface area contributed by atoms with Gasteiger partial charge in [-0.2, -0.15) is 0 Å². The highest BCUT2D eigenvalue weighted by molar-refractivity contribution is 5.22. The van der Waals surface area contributed by atoms with E-state index in [1.807, 2.05) is 18.2 Å². The SMILES string of the molecule is CCCC(O)(CC1CC1)c1ccccc1. The fourth-order valence-corrected chi connectivity index (χ4v) is 2.33. The molecule has 0 radical (unpaired) electrons. The van der Waals surface area contributed by atoms with Crippen molar-refractivity contribution in [3.8, 4) is 0 Å². The molecular weight excluding hydrogens is 184 g/mol. The van der Waals surface area contributed by atoms with E-state index in [-0.39, 0.29) is 0 Å². The molecule has 1 saturated carbocycles. The van der Waals surface area contributed by atoms with Crippen molar-refractivity contribution in [2.45, 2.75) is 44.6 Å². The summed E-state index contributed by atoms with van der Waals surface area (Å²) in [4.78, 5) is 0. The van der Waals surface area contributed by atoms with Crippen LogP contribution in [-0.4, -0.2) is 5.11 Å². The Morgan fingerprint density at radius 2 is 1.93 bits per heavy atom. The van der Waals surface area contributed by atoms with Crippen LogP contribution in [0.15, 0.2) is 30.3 Å². The molecule has 1 atom stereocenters. The van der Waals surface area contributed by atoms with E-state index in [4.69, 9.17) is 0 Å². The van der Waals surface area contributed by atoms with E-state index in [0.717, 1.165) is 30.7 Å². The summed E-state index contributed by atoms with van der Waals surface area (Å²) in [6, 6.07) is 10.1. The molecule has 1 fully saturated rings. The Morgan fingerprint density at radius 1 is 1.27 bits per heavy atom. The molecule has 0 spiro atoms. The monoisotopic (exact) mass is 204 g/mol. The van der Waals surface area contributed by atoms with Crippen LogP contribution in [0.25, 0.3) is 0 Å². The normalized spacial score (nSPS) is 19.9. The zero-order valence-electron chi connectivity index (χ0n) is 9.45. The maximum absolute atomic E-state index is 10.7. The van der Waals surface area contributed by atoms with Crippen molar-refractivity contribution in [2.24, 2.45) is 5.92 Å². The first-order chi connectivity index (χ1) is 7.24. The fourth-order valence-electron chi connectivity index (χ4n) is 2.33. The summed E-state index contributed by atoms with van der Waals surface area (Å²) in [5, 5.41) is 10.7.